The highest BCUT2D eigenvalue weighted by Gasteiger charge is 2.24. The minimum atomic E-state index is -1.05. The molecule has 0 bridgehead atoms. The number of thiazole rings is 1. The van der Waals surface area contributed by atoms with Crippen LogP contribution in [0.2, 0.25) is 0 Å². The number of hydrogen-bond donors (Lipinski definition) is 1. The molecule has 3 rings (SSSR count). The second-order valence-corrected chi connectivity index (χ2v) is 7.29. The maximum absolute atomic E-state index is 12.5. The van der Waals surface area contributed by atoms with Crippen molar-refractivity contribution in [2.45, 2.75) is 26.9 Å². The summed E-state index contributed by atoms with van der Waals surface area (Å²) in [7, 11) is 0. The van der Waals surface area contributed by atoms with Crippen molar-refractivity contribution in [3.05, 3.63) is 64.8 Å². The van der Waals surface area contributed by atoms with Crippen molar-refractivity contribution < 1.29 is 19.1 Å². The predicted octanol–water partition coefficient (Wildman–Crippen LogP) is 3.90. The van der Waals surface area contributed by atoms with Gasteiger partial charge in [-0.15, -0.1) is 11.3 Å². The van der Waals surface area contributed by atoms with E-state index in [4.69, 9.17) is 4.74 Å². The standard InChI is InChI=1S/C21H19N3O4S/c1-12-18(29-20(23-12)17-10-6-7-11-22-17)21(27)28-14(3)19(26)24-16-9-5-4-8-15(16)13(2)25/h4-11,14H,1-3H3,(H,24,26). The van der Waals surface area contributed by atoms with E-state index in [1.807, 2.05) is 6.07 Å². The molecule has 1 N–H and O–H groups in total. The summed E-state index contributed by atoms with van der Waals surface area (Å²) < 4.78 is 5.31. The fraction of sp³-hybridized carbons (Fsp3) is 0.190. The van der Waals surface area contributed by atoms with Crippen LogP contribution >= 0.6 is 11.3 Å². The van der Waals surface area contributed by atoms with Gasteiger partial charge in [-0.1, -0.05) is 18.2 Å². The molecule has 0 aliphatic carbocycles. The number of Topliss-reactive ketones (excluding diaryl/α,β-unsaturated/α-hetero) is 1. The highest BCUT2D eigenvalue weighted by molar-refractivity contribution is 7.17. The van der Waals surface area contributed by atoms with E-state index in [0.717, 1.165) is 11.3 Å². The van der Waals surface area contributed by atoms with E-state index in [1.54, 1.807) is 49.5 Å². The average Bonchev–Trinajstić information content (AvgIpc) is 3.10. The Morgan fingerprint density at radius 3 is 2.52 bits per heavy atom. The summed E-state index contributed by atoms with van der Waals surface area (Å²) in [5, 5.41) is 3.23. The van der Waals surface area contributed by atoms with Crippen LogP contribution in [-0.4, -0.2) is 33.7 Å². The third-order valence-electron chi connectivity index (χ3n) is 4.08. The largest absolute Gasteiger partial charge is 0.448 e. The van der Waals surface area contributed by atoms with Gasteiger partial charge in [0.05, 0.1) is 17.1 Å². The van der Waals surface area contributed by atoms with Crippen LogP contribution in [0.4, 0.5) is 5.69 Å². The van der Waals surface area contributed by atoms with Crippen LogP contribution in [0.1, 0.15) is 39.6 Å². The SMILES string of the molecule is CC(=O)c1ccccc1NC(=O)C(C)OC(=O)c1sc(-c2ccccn2)nc1C. The number of nitrogens with zero attached hydrogens (tertiary/aromatic N) is 2. The summed E-state index contributed by atoms with van der Waals surface area (Å²) in [6.45, 7) is 4.59. The van der Waals surface area contributed by atoms with Gasteiger partial charge < -0.3 is 10.1 Å². The Morgan fingerprint density at radius 1 is 1.10 bits per heavy atom. The lowest BCUT2D eigenvalue weighted by Crippen LogP contribution is -2.30. The van der Waals surface area contributed by atoms with E-state index in [-0.39, 0.29) is 5.78 Å². The fourth-order valence-electron chi connectivity index (χ4n) is 2.59. The highest BCUT2D eigenvalue weighted by atomic mass is 32.1. The molecule has 29 heavy (non-hydrogen) atoms. The summed E-state index contributed by atoms with van der Waals surface area (Å²) in [6, 6.07) is 12.1. The normalized spacial score (nSPS) is 11.6. The Hall–Kier alpha value is -3.39. The molecule has 0 aliphatic rings. The number of carbonyl (C=O) groups excluding carboxylic acids is 3. The van der Waals surface area contributed by atoms with Crippen molar-refractivity contribution in [2.24, 2.45) is 0 Å². The first-order chi connectivity index (χ1) is 13.9. The van der Waals surface area contributed by atoms with Crippen LogP contribution in [0.15, 0.2) is 48.7 Å². The summed E-state index contributed by atoms with van der Waals surface area (Å²) >= 11 is 1.16. The topological polar surface area (TPSA) is 98.2 Å². The van der Waals surface area contributed by atoms with Gasteiger partial charge in [0.15, 0.2) is 11.9 Å². The lowest BCUT2D eigenvalue weighted by atomic mass is 10.1. The minimum Gasteiger partial charge on any atom is -0.448 e. The molecule has 148 valence electrons. The Balaban J connectivity index is 1.70. The number of esters is 1. The average molecular weight is 409 g/mol. The van der Waals surface area contributed by atoms with Crippen molar-refractivity contribution in [3.8, 4) is 10.7 Å². The van der Waals surface area contributed by atoms with Gasteiger partial charge in [0.1, 0.15) is 9.88 Å². The Morgan fingerprint density at radius 2 is 1.83 bits per heavy atom. The zero-order valence-electron chi connectivity index (χ0n) is 16.1. The Labute approximate surface area is 171 Å². The maximum atomic E-state index is 12.5. The molecule has 0 saturated carbocycles. The molecule has 0 radical (unpaired) electrons. The maximum Gasteiger partial charge on any atom is 0.351 e. The quantitative estimate of drug-likeness (QED) is 0.490. The van der Waals surface area contributed by atoms with E-state index in [2.05, 4.69) is 15.3 Å². The molecule has 0 spiro atoms. The molecule has 0 fully saturated rings. The predicted molar refractivity (Wildman–Crippen MR) is 110 cm³/mol. The van der Waals surface area contributed by atoms with Crippen molar-refractivity contribution >= 4 is 34.7 Å². The number of ketones is 1. The second-order valence-electron chi connectivity index (χ2n) is 6.29. The van der Waals surface area contributed by atoms with E-state index in [9.17, 15) is 14.4 Å². The second kappa shape index (κ2) is 8.74. The summed E-state index contributed by atoms with van der Waals surface area (Å²) in [4.78, 5) is 45.6. The van der Waals surface area contributed by atoms with Crippen molar-refractivity contribution in [2.75, 3.05) is 5.32 Å². The number of hydrogen-bond acceptors (Lipinski definition) is 7. The highest BCUT2D eigenvalue weighted by Crippen LogP contribution is 2.27. The van der Waals surface area contributed by atoms with Gasteiger partial charge in [-0.2, -0.15) is 0 Å². The molecule has 1 aromatic carbocycles. The van der Waals surface area contributed by atoms with Crippen molar-refractivity contribution in [1.29, 1.82) is 0 Å². The Kier molecular flexibility index (Phi) is 6.13. The zero-order valence-corrected chi connectivity index (χ0v) is 16.9. The van der Waals surface area contributed by atoms with Crippen LogP contribution in [0, 0.1) is 6.92 Å². The summed E-state index contributed by atoms with van der Waals surface area (Å²) in [6.07, 6.45) is 0.595. The van der Waals surface area contributed by atoms with E-state index in [0.29, 0.717) is 32.5 Å². The van der Waals surface area contributed by atoms with Gasteiger partial charge in [-0.25, -0.2) is 9.78 Å². The molecule has 7 nitrogen and oxygen atoms in total. The third kappa shape index (κ3) is 4.72. The number of rotatable bonds is 6. The summed E-state index contributed by atoms with van der Waals surface area (Å²) in [5.74, 6) is -1.34. The van der Waals surface area contributed by atoms with Crippen LogP contribution in [0.3, 0.4) is 0 Å². The zero-order chi connectivity index (χ0) is 21.0. The molecule has 0 saturated heterocycles. The molecule has 8 heteroatoms. The molecule has 1 unspecified atom stereocenters. The van der Waals surface area contributed by atoms with Gasteiger partial charge in [0.25, 0.3) is 5.91 Å². The molecule has 3 aromatic rings. The van der Waals surface area contributed by atoms with Crippen LogP contribution in [-0.2, 0) is 9.53 Å². The number of amides is 1. The van der Waals surface area contributed by atoms with E-state index in [1.165, 1.54) is 13.8 Å². The first-order valence-electron chi connectivity index (χ1n) is 8.87. The van der Waals surface area contributed by atoms with Crippen molar-refractivity contribution in [3.63, 3.8) is 0 Å². The lowest BCUT2D eigenvalue weighted by Gasteiger charge is -2.14. The molecule has 1 amide bonds. The lowest BCUT2D eigenvalue weighted by molar-refractivity contribution is -0.123. The molecule has 2 aromatic heterocycles. The molecule has 1 atom stereocenters. The van der Waals surface area contributed by atoms with E-state index < -0.39 is 18.0 Å². The van der Waals surface area contributed by atoms with Gasteiger partial charge in [0, 0.05) is 11.8 Å². The Bertz CT molecular complexity index is 1060. The number of benzene rings is 1. The monoisotopic (exact) mass is 409 g/mol. The fourth-order valence-corrected chi connectivity index (χ4v) is 3.51. The van der Waals surface area contributed by atoms with Crippen molar-refractivity contribution in [1.82, 2.24) is 9.97 Å². The number of ether oxygens (including phenoxy) is 1. The number of aryl methyl sites for hydroxylation is 1. The number of pyridine rings is 1. The molecule has 2 heterocycles. The first kappa shape index (κ1) is 20.3. The minimum absolute atomic E-state index is 0.173. The van der Waals surface area contributed by atoms with Gasteiger partial charge in [-0.05, 0) is 45.0 Å². The van der Waals surface area contributed by atoms with E-state index >= 15 is 0 Å². The summed E-state index contributed by atoms with van der Waals surface area (Å²) in [5.41, 5.74) is 1.93. The van der Waals surface area contributed by atoms with Crippen LogP contribution in [0.25, 0.3) is 10.7 Å². The third-order valence-corrected chi connectivity index (χ3v) is 5.24. The smallest absolute Gasteiger partial charge is 0.351 e. The van der Waals surface area contributed by atoms with Gasteiger partial charge in [0.2, 0.25) is 0 Å². The van der Waals surface area contributed by atoms with Gasteiger partial charge in [-0.3, -0.25) is 14.6 Å². The van der Waals surface area contributed by atoms with Gasteiger partial charge >= 0.3 is 5.97 Å². The number of carbonyl (C=O) groups is 3. The molecular weight excluding hydrogens is 390 g/mol. The number of para-hydroxylation sites is 1. The van der Waals surface area contributed by atoms with Crippen LogP contribution < -0.4 is 5.32 Å². The number of anilines is 1. The number of aromatic nitrogens is 2. The molecular formula is C21H19N3O4S. The first-order valence-corrected chi connectivity index (χ1v) is 9.69. The molecule has 0 aliphatic heterocycles. The number of nitrogens with one attached hydrogen (secondary N) is 1. The van der Waals surface area contributed by atoms with Crippen LogP contribution in [0.5, 0.6) is 0 Å².